The van der Waals surface area contributed by atoms with Crippen molar-refractivity contribution in [2.45, 2.75) is 37.5 Å². The van der Waals surface area contributed by atoms with Crippen molar-refractivity contribution in [2.75, 3.05) is 24.3 Å². The number of anilines is 2. The van der Waals surface area contributed by atoms with Gasteiger partial charge in [0.2, 0.25) is 5.95 Å². The molecule has 5 N–H and O–H groups in total. The molecule has 1 aromatic carbocycles. The van der Waals surface area contributed by atoms with Crippen molar-refractivity contribution < 1.29 is 20.1 Å². The molecule has 10 nitrogen and oxygen atoms in total. The van der Waals surface area contributed by atoms with Gasteiger partial charge in [0, 0.05) is 7.05 Å². The molecule has 0 radical (unpaired) electrons. The van der Waals surface area contributed by atoms with E-state index >= 15 is 0 Å². The molecule has 154 valence electrons. The molecule has 0 amide bonds. The van der Waals surface area contributed by atoms with Gasteiger partial charge in [-0.05, 0) is 12.5 Å². The monoisotopic (exact) mass is 400 g/mol. The van der Waals surface area contributed by atoms with Crippen LogP contribution in [0.5, 0.6) is 0 Å². The van der Waals surface area contributed by atoms with E-state index in [2.05, 4.69) is 15.0 Å². The predicted octanol–water partition coefficient (Wildman–Crippen LogP) is 0.217. The van der Waals surface area contributed by atoms with Gasteiger partial charge >= 0.3 is 0 Å². The zero-order valence-electron chi connectivity index (χ0n) is 16.1. The lowest BCUT2D eigenvalue weighted by molar-refractivity contribution is -0.0511. The second kappa shape index (κ2) is 7.56. The minimum atomic E-state index is -1.25. The number of imidazole rings is 1. The van der Waals surface area contributed by atoms with Crippen LogP contribution in [-0.2, 0) is 4.74 Å². The first kappa shape index (κ1) is 19.5. The number of benzene rings is 1. The number of nitrogen functional groups attached to an aromatic ring is 1. The van der Waals surface area contributed by atoms with E-state index in [-0.39, 0.29) is 11.9 Å². The van der Waals surface area contributed by atoms with Crippen LogP contribution in [0.1, 0.15) is 24.8 Å². The van der Waals surface area contributed by atoms with Gasteiger partial charge in [0.1, 0.15) is 23.8 Å². The van der Waals surface area contributed by atoms with E-state index < -0.39 is 31.1 Å². The van der Waals surface area contributed by atoms with Gasteiger partial charge in [-0.1, -0.05) is 30.3 Å². The second-order valence-corrected chi connectivity index (χ2v) is 7.16. The summed E-state index contributed by atoms with van der Waals surface area (Å²) in [6.07, 6.45) is -2.88. The average Bonchev–Trinajstić information content (AvgIpc) is 3.29. The van der Waals surface area contributed by atoms with Crippen LogP contribution in [0.3, 0.4) is 0 Å². The molecular formula is C19H24N6O4. The molecule has 1 fully saturated rings. The predicted molar refractivity (Wildman–Crippen MR) is 106 cm³/mol. The van der Waals surface area contributed by atoms with Crippen LogP contribution in [0.15, 0.2) is 36.7 Å². The zero-order valence-corrected chi connectivity index (χ0v) is 16.1. The first-order valence-electron chi connectivity index (χ1n) is 9.32. The quantitative estimate of drug-likeness (QED) is 0.473. The number of ether oxygens (including phenoxy) is 1. The van der Waals surface area contributed by atoms with Gasteiger partial charge in [0.15, 0.2) is 17.7 Å². The Morgan fingerprint density at radius 1 is 1.21 bits per heavy atom. The molecule has 3 heterocycles. The molecule has 1 aliphatic heterocycles. The van der Waals surface area contributed by atoms with E-state index in [0.29, 0.717) is 17.1 Å². The zero-order chi connectivity index (χ0) is 20.7. The Hall–Kier alpha value is -2.79. The van der Waals surface area contributed by atoms with E-state index in [1.165, 1.54) is 10.9 Å². The standard InChI is InChI=1S/C19H24N6O4/c1-10(11-6-4-3-5-7-11)24(2)19-22-16(20)13-17(23-19)25(9-21-13)18-15(28)14(27)12(8-26)29-18/h3-7,9-10,12,14-15,18,26-28H,8H2,1-2H3,(H2,20,22,23)/t10?,12-,14?,15?,18-/m1/s1. The van der Waals surface area contributed by atoms with Crippen LogP contribution in [-0.4, -0.2) is 66.8 Å². The van der Waals surface area contributed by atoms with E-state index in [1.807, 2.05) is 49.2 Å². The normalized spacial score (nSPS) is 25.4. The van der Waals surface area contributed by atoms with Gasteiger partial charge in [0.05, 0.1) is 19.0 Å². The maximum atomic E-state index is 10.4. The largest absolute Gasteiger partial charge is 0.394 e. The lowest BCUT2D eigenvalue weighted by Crippen LogP contribution is -2.33. The molecule has 5 atom stereocenters. The Balaban J connectivity index is 1.72. The number of nitrogens with two attached hydrogens (primary N) is 1. The molecule has 3 unspecified atom stereocenters. The van der Waals surface area contributed by atoms with E-state index in [4.69, 9.17) is 10.5 Å². The third-order valence-corrected chi connectivity index (χ3v) is 5.41. The summed E-state index contributed by atoms with van der Waals surface area (Å²) in [5.74, 6) is 0.586. The van der Waals surface area contributed by atoms with Crippen LogP contribution in [0.25, 0.3) is 11.2 Å². The molecule has 3 aromatic rings. The highest BCUT2D eigenvalue weighted by molar-refractivity contribution is 5.83. The molecule has 0 spiro atoms. The molecule has 1 saturated heterocycles. The Morgan fingerprint density at radius 3 is 2.59 bits per heavy atom. The molecule has 2 aromatic heterocycles. The van der Waals surface area contributed by atoms with E-state index in [1.54, 1.807) is 0 Å². The van der Waals surface area contributed by atoms with Gasteiger partial charge < -0.3 is 30.7 Å². The SMILES string of the molecule is CC(c1ccccc1)N(C)c1nc(N)c2ncn([C@@H]3O[C@H](CO)C(O)C3O)c2n1. The smallest absolute Gasteiger partial charge is 0.229 e. The van der Waals surface area contributed by atoms with Crippen molar-refractivity contribution in [1.82, 2.24) is 19.5 Å². The second-order valence-electron chi connectivity index (χ2n) is 7.16. The summed E-state index contributed by atoms with van der Waals surface area (Å²) in [5, 5.41) is 29.8. The van der Waals surface area contributed by atoms with Gasteiger partial charge in [-0.25, -0.2) is 4.98 Å². The molecule has 4 rings (SSSR count). The highest BCUT2D eigenvalue weighted by Gasteiger charge is 2.44. The van der Waals surface area contributed by atoms with Crippen LogP contribution in [0.4, 0.5) is 11.8 Å². The molecule has 0 bridgehead atoms. The van der Waals surface area contributed by atoms with E-state index in [9.17, 15) is 15.3 Å². The van der Waals surface area contributed by atoms with Crippen molar-refractivity contribution in [1.29, 1.82) is 0 Å². The fourth-order valence-corrected chi connectivity index (χ4v) is 3.51. The van der Waals surface area contributed by atoms with Crippen molar-refractivity contribution in [3.05, 3.63) is 42.2 Å². The Labute approximate surface area is 167 Å². The third kappa shape index (κ3) is 3.29. The lowest BCUT2D eigenvalue weighted by Gasteiger charge is -2.25. The van der Waals surface area contributed by atoms with Gasteiger partial charge in [-0.15, -0.1) is 0 Å². The highest BCUT2D eigenvalue weighted by Crippen LogP contribution is 2.33. The minimum absolute atomic E-state index is 0.0154. The molecular weight excluding hydrogens is 376 g/mol. The fourth-order valence-electron chi connectivity index (χ4n) is 3.51. The van der Waals surface area contributed by atoms with Crippen molar-refractivity contribution >= 4 is 22.9 Å². The lowest BCUT2D eigenvalue weighted by atomic mass is 10.1. The number of hydrogen-bond donors (Lipinski definition) is 4. The number of rotatable bonds is 5. The first-order chi connectivity index (χ1) is 13.9. The third-order valence-electron chi connectivity index (χ3n) is 5.41. The molecule has 1 aliphatic rings. The topological polar surface area (TPSA) is 143 Å². The summed E-state index contributed by atoms with van der Waals surface area (Å²) in [4.78, 5) is 15.1. The summed E-state index contributed by atoms with van der Waals surface area (Å²) < 4.78 is 7.10. The highest BCUT2D eigenvalue weighted by atomic mass is 16.6. The maximum Gasteiger partial charge on any atom is 0.229 e. The number of hydrogen-bond acceptors (Lipinski definition) is 9. The number of nitrogens with zero attached hydrogens (tertiary/aromatic N) is 5. The fraction of sp³-hybridized carbons (Fsp3) is 0.421. The summed E-state index contributed by atoms with van der Waals surface area (Å²) in [6.45, 7) is 1.61. The Kier molecular flexibility index (Phi) is 5.09. The Morgan fingerprint density at radius 2 is 1.93 bits per heavy atom. The summed E-state index contributed by atoms with van der Waals surface area (Å²) in [6, 6.07) is 9.91. The number of aliphatic hydroxyl groups is 3. The molecule has 29 heavy (non-hydrogen) atoms. The minimum Gasteiger partial charge on any atom is -0.394 e. The first-order valence-corrected chi connectivity index (χ1v) is 9.32. The van der Waals surface area contributed by atoms with Crippen LogP contribution < -0.4 is 10.6 Å². The molecule has 10 heteroatoms. The van der Waals surface area contributed by atoms with Crippen LogP contribution in [0, 0.1) is 0 Å². The van der Waals surface area contributed by atoms with Crippen molar-refractivity contribution in [2.24, 2.45) is 0 Å². The maximum absolute atomic E-state index is 10.4. The van der Waals surface area contributed by atoms with Gasteiger partial charge in [-0.2, -0.15) is 9.97 Å². The number of aliphatic hydroxyl groups excluding tert-OH is 3. The average molecular weight is 400 g/mol. The van der Waals surface area contributed by atoms with Crippen LogP contribution in [0.2, 0.25) is 0 Å². The Bertz CT molecular complexity index is 997. The summed E-state index contributed by atoms with van der Waals surface area (Å²) >= 11 is 0. The van der Waals surface area contributed by atoms with Crippen molar-refractivity contribution in [3.63, 3.8) is 0 Å². The number of fused-ring (bicyclic) bond motifs is 1. The molecule has 0 aliphatic carbocycles. The van der Waals surface area contributed by atoms with Crippen LogP contribution >= 0.6 is 0 Å². The number of aromatic nitrogens is 4. The molecule has 0 saturated carbocycles. The van der Waals surface area contributed by atoms with Gasteiger partial charge in [0.25, 0.3) is 0 Å². The van der Waals surface area contributed by atoms with E-state index in [0.717, 1.165) is 5.56 Å². The van der Waals surface area contributed by atoms with Gasteiger partial charge in [-0.3, -0.25) is 4.57 Å². The summed E-state index contributed by atoms with van der Waals surface area (Å²) in [7, 11) is 1.87. The summed E-state index contributed by atoms with van der Waals surface area (Å²) in [5.41, 5.74) is 7.94. The van der Waals surface area contributed by atoms with Crippen molar-refractivity contribution in [3.8, 4) is 0 Å².